The molecule has 0 radical (unpaired) electrons. The summed E-state index contributed by atoms with van der Waals surface area (Å²) in [6.07, 6.45) is 1.94. The van der Waals surface area contributed by atoms with Crippen LogP contribution in [0.2, 0.25) is 0 Å². The van der Waals surface area contributed by atoms with Gasteiger partial charge in [0.25, 0.3) is 0 Å². The lowest BCUT2D eigenvalue weighted by molar-refractivity contribution is -0.124. The van der Waals surface area contributed by atoms with Crippen molar-refractivity contribution in [3.05, 3.63) is 23.8 Å². The van der Waals surface area contributed by atoms with Gasteiger partial charge in [-0.25, -0.2) is 4.79 Å². The average molecular weight is 406 g/mol. The van der Waals surface area contributed by atoms with E-state index in [1.54, 1.807) is 19.1 Å². The lowest BCUT2D eigenvalue weighted by Crippen LogP contribution is -2.48. The number of urea groups is 1. The standard InChI is InChI=1S/C22H35N3O4/c1-7-8-12-23-20(26)17-14-25(21(27)24-22(2,3)4)13-16(17)15-10-9-11-18(28-5)19(15)29-6/h9-11,16-17H,7-8,12-14H2,1-6H3,(H,23,26)(H,24,27). The first-order valence-electron chi connectivity index (χ1n) is 10.3. The SMILES string of the molecule is CCCCNC(=O)C1CN(C(=O)NC(C)(C)C)CC1c1cccc(OC)c1OC. The van der Waals surface area contributed by atoms with E-state index in [1.165, 1.54) is 0 Å². The molecular formula is C22H35N3O4. The summed E-state index contributed by atoms with van der Waals surface area (Å²) in [5.74, 6) is 0.683. The van der Waals surface area contributed by atoms with E-state index < -0.39 is 0 Å². The van der Waals surface area contributed by atoms with Gasteiger partial charge < -0.3 is 25.0 Å². The molecule has 0 spiro atoms. The largest absolute Gasteiger partial charge is 0.493 e. The number of carbonyl (C=O) groups excluding carboxylic acids is 2. The third kappa shape index (κ3) is 5.78. The van der Waals surface area contributed by atoms with Crippen LogP contribution in [0, 0.1) is 5.92 Å². The summed E-state index contributed by atoms with van der Waals surface area (Å²) in [6, 6.07) is 5.51. The number of hydrogen-bond donors (Lipinski definition) is 2. The molecule has 1 aliphatic rings. The molecule has 0 bridgehead atoms. The lowest BCUT2D eigenvalue weighted by Gasteiger charge is -2.25. The van der Waals surface area contributed by atoms with E-state index >= 15 is 0 Å². The minimum absolute atomic E-state index is 0.0284. The second-order valence-corrected chi connectivity index (χ2v) is 8.53. The molecule has 2 N–H and O–H groups in total. The molecule has 2 rings (SSSR count). The van der Waals surface area contributed by atoms with Crippen molar-refractivity contribution in [2.24, 2.45) is 5.92 Å². The number of methoxy groups -OCH3 is 2. The highest BCUT2D eigenvalue weighted by molar-refractivity contribution is 5.83. The van der Waals surface area contributed by atoms with Crippen molar-refractivity contribution < 1.29 is 19.1 Å². The molecule has 1 aromatic rings. The van der Waals surface area contributed by atoms with Crippen molar-refractivity contribution >= 4 is 11.9 Å². The van der Waals surface area contributed by atoms with E-state index in [9.17, 15) is 9.59 Å². The minimum atomic E-state index is -0.349. The Morgan fingerprint density at radius 1 is 1.17 bits per heavy atom. The number of benzene rings is 1. The maximum atomic E-state index is 13.0. The van der Waals surface area contributed by atoms with Gasteiger partial charge in [-0.3, -0.25) is 4.79 Å². The van der Waals surface area contributed by atoms with E-state index in [2.05, 4.69) is 17.6 Å². The van der Waals surface area contributed by atoms with Crippen molar-refractivity contribution in [2.75, 3.05) is 33.9 Å². The van der Waals surface area contributed by atoms with Gasteiger partial charge >= 0.3 is 6.03 Å². The van der Waals surface area contributed by atoms with Crippen LogP contribution in [0.1, 0.15) is 52.0 Å². The van der Waals surface area contributed by atoms with Crippen molar-refractivity contribution in [1.82, 2.24) is 15.5 Å². The van der Waals surface area contributed by atoms with Crippen molar-refractivity contribution in [2.45, 2.75) is 52.0 Å². The zero-order valence-corrected chi connectivity index (χ0v) is 18.5. The van der Waals surface area contributed by atoms with Crippen LogP contribution < -0.4 is 20.1 Å². The Balaban J connectivity index is 2.33. The van der Waals surface area contributed by atoms with Gasteiger partial charge in [0.1, 0.15) is 0 Å². The lowest BCUT2D eigenvalue weighted by atomic mass is 9.87. The number of carbonyl (C=O) groups is 2. The topological polar surface area (TPSA) is 79.9 Å². The summed E-state index contributed by atoms with van der Waals surface area (Å²) >= 11 is 0. The predicted molar refractivity (Wildman–Crippen MR) is 114 cm³/mol. The zero-order valence-electron chi connectivity index (χ0n) is 18.5. The van der Waals surface area contributed by atoms with Crippen LogP contribution in [-0.2, 0) is 4.79 Å². The Kier molecular flexibility index (Phi) is 7.76. The van der Waals surface area contributed by atoms with Gasteiger partial charge in [0.15, 0.2) is 11.5 Å². The molecule has 7 heteroatoms. The molecule has 0 saturated carbocycles. The van der Waals surface area contributed by atoms with Crippen LogP contribution in [0.5, 0.6) is 11.5 Å². The van der Waals surface area contributed by atoms with E-state index in [0.29, 0.717) is 31.1 Å². The Bertz CT molecular complexity index is 714. The average Bonchev–Trinajstić information content (AvgIpc) is 3.11. The summed E-state index contributed by atoms with van der Waals surface area (Å²) < 4.78 is 11.0. The number of nitrogens with one attached hydrogen (secondary N) is 2. The first-order valence-corrected chi connectivity index (χ1v) is 10.3. The second kappa shape index (κ2) is 9.85. The van der Waals surface area contributed by atoms with E-state index in [4.69, 9.17) is 9.47 Å². The molecule has 0 aromatic heterocycles. The molecule has 162 valence electrons. The van der Waals surface area contributed by atoms with Crippen molar-refractivity contribution in [3.8, 4) is 11.5 Å². The fourth-order valence-electron chi connectivity index (χ4n) is 3.67. The first kappa shape index (κ1) is 22.8. The number of rotatable bonds is 7. The van der Waals surface area contributed by atoms with Crippen LogP contribution in [0.15, 0.2) is 18.2 Å². The highest BCUT2D eigenvalue weighted by Crippen LogP contribution is 2.42. The fourth-order valence-corrected chi connectivity index (χ4v) is 3.67. The molecule has 2 atom stereocenters. The molecule has 1 aromatic carbocycles. The predicted octanol–water partition coefficient (Wildman–Crippen LogP) is 3.14. The van der Waals surface area contributed by atoms with E-state index in [-0.39, 0.29) is 29.3 Å². The molecule has 3 amide bonds. The number of ether oxygens (including phenoxy) is 2. The summed E-state index contributed by atoms with van der Waals surface area (Å²) in [6.45, 7) is 9.36. The van der Waals surface area contributed by atoms with Crippen molar-refractivity contribution in [3.63, 3.8) is 0 Å². The Morgan fingerprint density at radius 3 is 2.48 bits per heavy atom. The van der Waals surface area contributed by atoms with E-state index in [1.807, 2.05) is 39.0 Å². The molecule has 7 nitrogen and oxygen atoms in total. The molecular weight excluding hydrogens is 370 g/mol. The Labute approximate surface area is 174 Å². The third-order valence-electron chi connectivity index (χ3n) is 5.09. The quantitative estimate of drug-likeness (QED) is 0.683. The summed E-state index contributed by atoms with van der Waals surface area (Å²) in [4.78, 5) is 27.5. The van der Waals surface area contributed by atoms with Crippen LogP contribution >= 0.6 is 0 Å². The number of hydrogen-bond acceptors (Lipinski definition) is 4. The van der Waals surface area contributed by atoms with Crippen LogP contribution in [-0.4, -0.2) is 56.2 Å². The minimum Gasteiger partial charge on any atom is -0.493 e. The Morgan fingerprint density at radius 2 is 1.90 bits per heavy atom. The van der Waals surface area contributed by atoms with Crippen LogP contribution in [0.25, 0.3) is 0 Å². The fraction of sp³-hybridized carbons (Fsp3) is 0.636. The van der Waals surface area contributed by atoms with Gasteiger partial charge in [0.05, 0.1) is 20.1 Å². The molecule has 2 unspecified atom stereocenters. The maximum absolute atomic E-state index is 13.0. The normalized spacial score (nSPS) is 19.0. The highest BCUT2D eigenvalue weighted by atomic mass is 16.5. The molecule has 1 heterocycles. The number of unbranched alkanes of at least 4 members (excludes halogenated alkanes) is 1. The first-order chi connectivity index (χ1) is 13.7. The molecule has 1 fully saturated rings. The van der Waals surface area contributed by atoms with Gasteiger partial charge in [-0.05, 0) is 33.3 Å². The second-order valence-electron chi connectivity index (χ2n) is 8.53. The number of amides is 3. The molecule has 0 aliphatic carbocycles. The van der Waals surface area contributed by atoms with Crippen molar-refractivity contribution in [1.29, 1.82) is 0 Å². The molecule has 1 saturated heterocycles. The van der Waals surface area contributed by atoms with Gasteiger partial charge in [0.2, 0.25) is 5.91 Å². The van der Waals surface area contributed by atoms with E-state index in [0.717, 1.165) is 18.4 Å². The van der Waals surface area contributed by atoms with Crippen LogP contribution in [0.4, 0.5) is 4.79 Å². The van der Waals surface area contributed by atoms with Gasteiger partial charge in [-0.2, -0.15) is 0 Å². The number of nitrogens with zero attached hydrogens (tertiary/aromatic N) is 1. The molecule has 1 aliphatic heterocycles. The van der Waals surface area contributed by atoms with Gasteiger partial charge in [0, 0.05) is 36.7 Å². The van der Waals surface area contributed by atoms with Crippen LogP contribution in [0.3, 0.4) is 0 Å². The monoisotopic (exact) mass is 405 g/mol. The number of para-hydroxylation sites is 1. The summed E-state index contributed by atoms with van der Waals surface area (Å²) in [5, 5.41) is 6.03. The van der Waals surface area contributed by atoms with Gasteiger partial charge in [-0.15, -0.1) is 0 Å². The maximum Gasteiger partial charge on any atom is 0.317 e. The van der Waals surface area contributed by atoms with Gasteiger partial charge in [-0.1, -0.05) is 25.5 Å². The third-order valence-corrected chi connectivity index (χ3v) is 5.09. The smallest absolute Gasteiger partial charge is 0.317 e. The summed E-state index contributed by atoms with van der Waals surface area (Å²) in [5.41, 5.74) is 0.537. The zero-order chi connectivity index (χ0) is 21.6. The molecule has 29 heavy (non-hydrogen) atoms. The highest BCUT2D eigenvalue weighted by Gasteiger charge is 2.42. The Hall–Kier alpha value is -2.44. The number of likely N-dealkylation sites (tertiary alicyclic amines) is 1. The summed E-state index contributed by atoms with van der Waals surface area (Å²) in [7, 11) is 3.19.